The van der Waals surface area contributed by atoms with Crippen molar-refractivity contribution in [3.05, 3.63) is 30.1 Å². The molecule has 7 nitrogen and oxygen atoms in total. The maximum Gasteiger partial charge on any atom is 0.317 e. The minimum atomic E-state index is -0.862. The van der Waals surface area contributed by atoms with Crippen LogP contribution in [0.25, 0.3) is 0 Å². The number of aromatic nitrogens is 2. The van der Waals surface area contributed by atoms with Crippen molar-refractivity contribution < 1.29 is 14.7 Å². The van der Waals surface area contributed by atoms with Crippen molar-refractivity contribution >= 4 is 12.0 Å². The largest absolute Gasteiger partial charge is 0.481 e. The van der Waals surface area contributed by atoms with Crippen LogP contribution >= 0.6 is 0 Å². The Morgan fingerprint density at radius 2 is 2.17 bits per heavy atom. The second-order valence-electron chi connectivity index (χ2n) is 5.96. The second kappa shape index (κ2) is 8.97. The number of amides is 2. The van der Waals surface area contributed by atoms with Crippen molar-refractivity contribution in [1.82, 2.24) is 20.0 Å². The first-order chi connectivity index (χ1) is 10.8. The Balaban J connectivity index is 2.61. The molecule has 1 aromatic rings. The van der Waals surface area contributed by atoms with Crippen LogP contribution in [0.5, 0.6) is 0 Å². The first kappa shape index (κ1) is 18.7. The van der Waals surface area contributed by atoms with E-state index in [0.29, 0.717) is 26.1 Å². The number of aliphatic carboxylic acids is 1. The summed E-state index contributed by atoms with van der Waals surface area (Å²) in [4.78, 5) is 24.4. The molecule has 23 heavy (non-hydrogen) atoms. The molecule has 0 radical (unpaired) electrons. The molecular weight excluding hydrogens is 296 g/mol. The summed E-state index contributed by atoms with van der Waals surface area (Å²) in [5.41, 5.74) is 1.82. The standard InChI is InChI=1S/C16H26N4O3/c1-12(2)9-19(16(23)17-7-5-6-15(21)22)10-14-8-18-20(11-14)13(3)4/h8,11,13H,1,5-7,9-10H2,2-4H3,(H,17,23)(H,21,22). The Bertz CT molecular complexity index is 551. The van der Waals surface area contributed by atoms with E-state index in [2.05, 4.69) is 17.0 Å². The van der Waals surface area contributed by atoms with Gasteiger partial charge in [-0.2, -0.15) is 5.10 Å². The van der Waals surface area contributed by atoms with Crippen LogP contribution in [0.3, 0.4) is 0 Å². The lowest BCUT2D eigenvalue weighted by Gasteiger charge is -2.22. The lowest BCUT2D eigenvalue weighted by molar-refractivity contribution is -0.137. The number of carbonyl (C=O) groups excluding carboxylic acids is 1. The maximum absolute atomic E-state index is 12.3. The van der Waals surface area contributed by atoms with E-state index in [9.17, 15) is 9.59 Å². The maximum atomic E-state index is 12.3. The molecular formula is C16H26N4O3. The summed E-state index contributed by atoms with van der Waals surface area (Å²) in [6, 6.07) is 0.0406. The van der Waals surface area contributed by atoms with E-state index >= 15 is 0 Å². The smallest absolute Gasteiger partial charge is 0.317 e. The number of nitrogens with one attached hydrogen (secondary N) is 1. The normalized spacial score (nSPS) is 10.6. The molecule has 0 aromatic carbocycles. The molecule has 0 aliphatic rings. The highest BCUT2D eigenvalue weighted by Crippen LogP contribution is 2.09. The van der Waals surface area contributed by atoms with Crippen LogP contribution in [0.15, 0.2) is 24.5 Å². The molecule has 1 rings (SSSR count). The van der Waals surface area contributed by atoms with E-state index < -0.39 is 5.97 Å². The molecule has 1 aromatic heterocycles. The van der Waals surface area contributed by atoms with Gasteiger partial charge in [0.25, 0.3) is 0 Å². The van der Waals surface area contributed by atoms with E-state index in [1.165, 1.54) is 0 Å². The molecule has 7 heteroatoms. The second-order valence-corrected chi connectivity index (χ2v) is 5.96. The molecule has 2 amide bonds. The van der Waals surface area contributed by atoms with Gasteiger partial charge in [0.2, 0.25) is 0 Å². The van der Waals surface area contributed by atoms with Crippen molar-refractivity contribution in [2.75, 3.05) is 13.1 Å². The summed E-state index contributed by atoms with van der Waals surface area (Å²) in [5.74, 6) is -0.862. The van der Waals surface area contributed by atoms with Gasteiger partial charge in [-0.1, -0.05) is 12.2 Å². The number of nitrogens with zero attached hydrogens (tertiary/aromatic N) is 3. The number of rotatable bonds is 9. The minimum Gasteiger partial charge on any atom is -0.481 e. The molecule has 0 saturated carbocycles. The van der Waals surface area contributed by atoms with Crippen LogP contribution < -0.4 is 5.32 Å². The first-order valence-corrected chi connectivity index (χ1v) is 7.71. The summed E-state index contributed by atoms with van der Waals surface area (Å²) in [6.45, 7) is 11.0. The fourth-order valence-corrected chi connectivity index (χ4v) is 2.03. The van der Waals surface area contributed by atoms with Gasteiger partial charge in [0, 0.05) is 37.3 Å². The van der Waals surface area contributed by atoms with Crippen LogP contribution in [0.4, 0.5) is 4.79 Å². The average molecular weight is 322 g/mol. The van der Waals surface area contributed by atoms with Crippen LogP contribution in [-0.4, -0.2) is 44.9 Å². The zero-order valence-corrected chi connectivity index (χ0v) is 14.1. The summed E-state index contributed by atoms with van der Waals surface area (Å²) in [5, 5.41) is 15.6. The predicted octanol–water partition coefficient (Wildman–Crippen LogP) is 2.42. The molecule has 0 spiro atoms. The van der Waals surface area contributed by atoms with Gasteiger partial charge in [-0.05, 0) is 27.2 Å². The molecule has 128 valence electrons. The number of carboxylic acids is 1. The van der Waals surface area contributed by atoms with Gasteiger partial charge in [0.15, 0.2) is 0 Å². The van der Waals surface area contributed by atoms with Crippen molar-refractivity contribution in [2.45, 2.75) is 46.2 Å². The van der Waals surface area contributed by atoms with Gasteiger partial charge in [-0.15, -0.1) is 0 Å². The van der Waals surface area contributed by atoms with Gasteiger partial charge >= 0.3 is 12.0 Å². The van der Waals surface area contributed by atoms with Gasteiger partial charge in [-0.25, -0.2) is 4.79 Å². The molecule has 0 atom stereocenters. The average Bonchev–Trinajstić information content (AvgIpc) is 2.90. The third-order valence-corrected chi connectivity index (χ3v) is 3.15. The fraction of sp³-hybridized carbons (Fsp3) is 0.562. The molecule has 0 aliphatic carbocycles. The predicted molar refractivity (Wildman–Crippen MR) is 88.1 cm³/mol. The fourth-order valence-electron chi connectivity index (χ4n) is 2.03. The van der Waals surface area contributed by atoms with Crippen molar-refractivity contribution in [2.24, 2.45) is 0 Å². The zero-order valence-electron chi connectivity index (χ0n) is 14.1. The van der Waals surface area contributed by atoms with Crippen molar-refractivity contribution in [3.63, 3.8) is 0 Å². The van der Waals surface area contributed by atoms with Crippen LogP contribution in [0.2, 0.25) is 0 Å². The summed E-state index contributed by atoms with van der Waals surface area (Å²) < 4.78 is 1.85. The van der Waals surface area contributed by atoms with E-state index in [4.69, 9.17) is 5.11 Å². The number of hydrogen-bond donors (Lipinski definition) is 2. The Labute approximate surface area is 137 Å². The summed E-state index contributed by atoms with van der Waals surface area (Å²) >= 11 is 0. The van der Waals surface area contributed by atoms with Gasteiger partial charge in [0.05, 0.1) is 12.7 Å². The topological polar surface area (TPSA) is 87.5 Å². The summed E-state index contributed by atoms with van der Waals surface area (Å²) in [7, 11) is 0. The zero-order chi connectivity index (χ0) is 17.4. The lowest BCUT2D eigenvalue weighted by Crippen LogP contribution is -2.40. The van der Waals surface area contributed by atoms with Crippen LogP contribution in [0.1, 0.15) is 45.2 Å². The molecule has 0 bridgehead atoms. The number of carbonyl (C=O) groups is 2. The van der Waals surface area contributed by atoms with Gasteiger partial charge in [-0.3, -0.25) is 9.48 Å². The first-order valence-electron chi connectivity index (χ1n) is 7.71. The highest BCUT2D eigenvalue weighted by molar-refractivity contribution is 5.74. The Morgan fingerprint density at radius 1 is 1.48 bits per heavy atom. The quantitative estimate of drug-likeness (QED) is 0.540. The molecule has 0 unspecified atom stereocenters. The number of hydrogen-bond acceptors (Lipinski definition) is 3. The van der Waals surface area contributed by atoms with Gasteiger partial charge < -0.3 is 15.3 Å². The Kier molecular flexibility index (Phi) is 7.31. The van der Waals surface area contributed by atoms with Crippen molar-refractivity contribution in [3.8, 4) is 0 Å². The number of urea groups is 1. The monoisotopic (exact) mass is 322 g/mol. The minimum absolute atomic E-state index is 0.0436. The van der Waals surface area contributed by atoms with E-state index in [0.717, 1.165) is 11.1 Å². The summed E-state index contributed by atoms with van der Waals surface area (Å²) in [6.07, 6.45) is 4.13. The third-order valence-electron chi connectivity index (χ3n) is 3.15. The van der Waals surface area contributed by atoms with Crippen LogP contribution in [0, 0.1) is 0 Å². The highest BCUT2D eigenvalue weighted by atomic mass is 16.4. The van der Waals surface area contributed by atoms with Gasteiger partial charge in [0.1, 0.15) is 0 Å². The van der Waals surface area contributed by atoms with Crippen molar-refractivity contribution in [1.29, 1.82) is 0 Å². The molecule has 1 heterocycles. The lowest BCUT2D eigenvalue weighted by atomic mass is 10.2. The highest BCUT2D eigenvalue weighted by Gasteiger charge is 2.15. The molecule has 0 saturated heterocycles. The van der Waals surface area contributed by atoms with E-state index in [-0.39, 0.29) is 18.5 Å². The molecule has 2 N–H and O–H groups in total. The third kappa shape index (κ3) is 6.99. The Morgan fingerprint density at radius 3 is 2.70 bits per heavy atom. The van der Waals surface area contributed by atoms with Crippen LogP contribution in [-0.2, 0) is 11.3 Å². The SMILES string of the molecule is C=C(C)CN(Cc1cnn(C(C)C)c1)C(=O)NCCCC(=O)O. The molecule has 0 fully saturated rings. The van der Waals surface area contributed by atoms with E-state index in [1.54, 1.807) is 11.1 Å². The van der Waals surface area contributed by atoms with E-state index in [1.807, 2.05) is 31.6 Å². The number of carboxylic acid groups (broad SMARTS) is 1. The Hall–Kier alpha value is -2.31. The molecule has 0 aliphatic heterocycles.